The first kappa shape index (κ1) is 14.0. The number of hydrogen-bond donors (Lipinski definition) is 2. The fourth-order valence-electron chi connectivity index (χ4n) is 1.55. The molecule has 0 saturated heterocycles. The molecule has 0 unspecified atom stereocenters. The van der Waals surface area contributed by atoms with E-state index in [0.29, 0.717) is 15.9 Å². The molecule has 1 aromatic carbocycles. The lowest BCUT2D eigenvalue weighted by Gasteiger charge is -2.06. The minimum Gasteiger partial charge on any atom is -0.399 e. The molecule has 0 saturated carbocycles. The summed E-state index contributed by atoms with van der Waals surface area (Å²) in [5.41, 5.74) is 12.3. The minimum atomic E-state index is -3.66. The summed E-state index contributed by atoms with van der Waals surface area (Å²) < 4.78 is 25.2. The number of pyridine rings is 1. The maximum Gasteiger partial charge on any atom is 0.223 e. The van der Waals surface area contributed by atoms with Crippen LogP contribution in [0.3, 0.4) is 0 Å². The van der Waals surface area contributed by atoms with E-state index < -0.39 is 9.84 Å². The number of halogens is 1. The average Bonchev–Trinajstić information content (AvgIpc) is 2.38. The minimum absolute atomic E-state index is 0.0351. The molecule has 0 atom stereocenters. The van der Waals surface area contributed by atoms with Gasteiger partial charge in [0.15, 0.2) is 5.03 Å². The van der Waals surface area contributed by atoms with Crippen molar-refractivity contribution in [3.05, 3.63) is 46.6 Å². The normalized spacial score (nSPS) is 11.5. The van der Waals surface area contributed by atoms with E-state index in [4.69, 9.17) is 11.5 Å². The van der Waals surface area contributed by atoms with Crippen LogP contribution in [0.25, 0.3) is 0 Å². The lowest BCUT2D eigenvalue weighted by atomic mass is 10.3. The van der Waals surface area contributed by atoms with Crippen LogP contribution in [0.2, 0.25) is 0 Å². The molecule has 0 amide bonds. The summed E-state index contributed by atoms with van der Waals surface area (Å²) in [6.07, 6.45) is 0. The summed E-state index contributed by atoms with van der Waals surface area (Å²) >= 11 is 3.18. The second kappa shape index (κ2) is 5.28. The maximum atomic E-state index is 12.4. The molecular formula is C12H12BrN3O2S. The van der Waals surface area contributed by atoms with Gasteiger partial charge in [-0.05, 0) is 57.9 Å². The van der Waals surface area contributed by atoms with Crippen molar-refractivity contribution in [2.75, 3.05) is 5.73 Å². The SMILES string of the molecule is NCc1cc(Br)nc(S(=O)(=O)c2ccc(N)cc2)c1. The van der Waals surface area contributed by atoms with Crippen molar-refractivity contribution in [3.63, 3.8) is 0 Å². The zero-order valence-electron chi connectivity index (χ0n) is 9.88. The fraction of sp³-hybridized carbons (Fsp3) is 0.0833. The third-order valence-corrected chi connectivity index (χ3v) is 4.59. The van der Waals surface area contributed by atoms with Gasteiger partial charge in [-0.15, -0.1) is 0 Å². The number of aromatic nitrogens is 1. The lowest BCUT2D eigenvalue weighted by molar-refractivity contribution is 0.592. The highest BCUT2D eigenvalue weighted by atomic mass is 79.9. The Kier molecular flexibility index (Phi) is 3.88. The Morgan fingerprint density at radius 1 is 1.16 bits per heavy atom. The smallest absolute Gasteiger partial charge is 0.223 e. The topological polar surface area (TPSA) is 99.1 Å². The molecule has 100 valence electrons. The van der Waals surface area contributed by atoms with E-state index in [1.807, 2.05) is 0 Å². The molecule has 7 heteroatoms. The van der Waals surface area contributed by atoms with Crippen LogP contribution in [0.4, 0.5) is 5.69 Å². The molecule has 0 aliphatic carbocycles. The first-order valence-electron chi connectivity index (χ1n) is 5.40. The van der Waals surface area contributed by atoms with Crippen molar-refractivity contribution in [1.82, 2.24) is 4.98 Å². The van der Waals surface area contributed by atoms with Crippen LogP contribution in [0.5, 0.6) is 0 Å². The van der Waals surface area contributed by atoms with Crippen molar-refractivity contribution in [2.24, 2.45) is 5.73 Å². The Labute approximate surface area is 119 Å². The quantitative estimate of drug-likeness (QED) is 0.654. The van der Waals surface area contributed by atoms with Gasteiger partial charge in [-0.25, -0.2) is 13.4 Å². The highest BCUT2D eigenvalue weighted by Gasteiger charge is 2.20. The van der Waals surface area contributed by atoms with E-state index >= 15 is 0 Å². The van der Waals surface area contributed by atoms with Gasteiger partial charge in [-0.3, -0.25) is 0 Å². The van der Waals surface area contributed by atoms with Gasteiger partial charge in [0.2, 0.25) is 9.84 Å². The average molecular weight is 342 g/mol. The van der Waals surface area contributed by atoms with Crippen LogP contribution in [0, 0.1) is 0 Å². The molecule has 0 aliphatic rings. The first-order chi connectivity index (χ1) is 8.93. The Bertz CT molecular complexity index is 699. The highest BCUT2D eigenvalue weighted by Crippen LogP contribution is 2.23. The van der Waals surface area contributed by atoms with Crippen LogP contribution in [-0.4, -0.2) is 13.4 Å². The van der Waals surface area contributed by atoms with Crippen LogP contribution >= 0.6 is 15.9 Å². The first-order valence-corrected chi connectivity index (χ1v) is 7.68. The van der Waals surface area contributed by atoms with Crippen molar-refractivity contribution in [3.8, 4) is 0 Å². The Balaban J connectivity index is 2.56. The maximum absolute atomic E-state index is 12.4. The molecule has 0 spiro atoms. The summed E-state index contributed by atoms with van der Waals surface area (Å²) in [7, 11) is -3.66. The molecule has 1 heterocycles. The Hall–Kier alpha value is -1.44. The van der Waals surface area contributed by atoms with E-state index in [-0.39, 0.29) is 16.5 Å². The standard InChI is InChI=1S/C12H12BrN3O2S/c13-11-5-8(7-14)6-12(16-11)19(17,18)10-3-1-9(15)2-4-10/h1-6H,7,14-15H2. The molecule has 2 rings (SSSR count). The number of sulfone groups is 1. The summed E-state index contributed by atoms with van der Waals surface area (Å²) in [5.74, 6) is 0. The van der Waals surface area contributed by atoms with Gasteiger partial charge >= 0.3 is 0 Å². The molecule has 19 heavy (non-hydrogen) atoms. The van der Waals surface area contributed by atoms with Crippen molar-refractivity contribution >= 4 is 31.5 Å². The molecule has 1 aromatic heterocycles. The van der Waals surface area contributed by atoms with Gasteiger partial charge in [-0.1, -0.05) is 0 Å². The summed E-state index contributed by atoms with van der Waals surface area (Å²) in [5, 5.41) is -0.0351. The molecular weight excluding hydrogens is 330 g/mol. The molecule has 0 bridgehead atoms. The molecule has 0 fully saturated rings. The molecule has 5 nitrogen and oxygen atoms in total. The van der Waals surface area contributed by atoms with Crippen LogP contribution in [0.1, 0.15) is 5.56 Å². The van der Waals surface area contributed by atoms with Crippen LogP contribution < -0.4 is 11.5 Å². The molecule has 2 aromatic rings. The summed E-state index contributed by atoms with van der Waals surface area (Å²) in [4.78, 5) is 4.14. The van der Waals surface area contributed by atoms with Crippen molar-refractivity contribution in [2.45, 2.75) is 16.5 Å². The molecule has 4 N–H and O–H groups in total. The van der Waals surface area contributed by atoms with E-state index in [9.17, 15) is 8.42 Å². The number of nitrogens with two attached hydrogens (primary N) is 2. The second-order valence-corrected chi connectivity index (χ2v) is 6.62. The Morgan fingerprint density at radius 2 is 1.79 bits per heavy atom. The fourth-order valence-corrected chi connectivity index (χ4v) is 3.41. The predicted octanol–water partition coefficient (Wildman–Crippen LogP) is 1.72. The number of hydrogen-bond acceptors (Lipinski definition) is 5. The lowest BCUT2D eigenvalue weighted by Crippen LogP contribution is -2.07. The van der Waals surface area contributed by atoms with Crippen molar-refractivity contribution < 1.29 is 8.42 Å². The van der Waals surface area contributed by atoms with Crippen LogP contribution in [-0.2, 0) is 16.4 Å². The largest absolute Gasteiger partial charge is 0.399 e. The monoisotopic (exact) mass is 341 g/mol. The number of rotatable bonds is 3. The van der Waals surface area contributed by atoms with Gasteiger partial charge < -0.3 is 11.5 Å². The summed E-state index contributed by atoms with van der Waals surface area (Å²) in [6.45, 7) is 0.241. The van der Waals surface area contributed by atoms with Crippen molar-refractivity contribution in [1.29, 1.82) is 0 Å². The van der Waals surface area contributed by atoms with Gasteiger partial charge in [0.05, 0.1) is 4.90 Å². The highest BCUT2D eigenvalue weighted by molar-refractivity contribution is 9.10. The number of anilines is 1. The number of benzene rings is 1. The third kappa shape index (κ3) is 2.94. The van der Waals surface area contributed by atoms with E-state index in [1.54, 1.807) is 6.07 Å². The zero-order chi connectivity index (χ0) is 14.0. The number of nitrogen functional groups attached to an aromatic ring is 1. The zero-order valence-corrected chi connectivity index (χ0v) is 12.3. The van der Waals surface area contributed by atoms with E-state index in [0.717, 1.165) is 0 Å². The van der Waals surface area contributed by atoms with Gasteiger partial charge in [0.1, 0.15) is 4.60 Å². The van der Waals surface area contributed by atoms with Gasteiger partial charge in [0.25, 0.3) is 0 Å². The Morgan fingerprint density at radius 3 is 2.37 bits per heavy atom. The molecule has 0 radical (unpaired) electrons. The summed E-state index contributed by atoms with van der Waals surface area (Å²) in [6, 6.07) is 9.13. The van der Waals surface area contributed by atoms with Gasteiger partial charge in [0, 0.05) is 12.2 Å². The molecule has 0 aliphatic heterocycles. The van der Waals surface area contributed by atoms with E-state index in [2.05, 4.69) is 20.9 Å². The van der Waals surface area contributed by atoms with Gasteiger partial charge in [-0.2, -0.15) is 0 Å². The van der Waals surface area contributed by atoms with Crippen LogP contribution in [0.15, 0.2) is 50.9 Å². The second-order valence-electron chi connectivity index (χ2n) is 3.91. The predicted molar refractivity (Wildman–Crippen MR) is 76.1 cm³/mol. The number of nitrogens with zero attached hydrogens (tertiary/aromatic N) is 1. The third-order valence-electron chi connectivity index (χ3n) is 2.53. The van der Waals surface area contributed by atoms with E-state index in [1.165, 1.54) is 30.3 Å².